The zero-order valence-corrected chi connectivity index (χ0v) is 8.68. The molecule has 1 aromatic carbocycles. The molecule has 0 saturated carbocycles. The van der Waals surface area contributed by atoms with Crippen LogP contribution in [0, 0.1) is 0 Å². The third-order valence-corrected chi connectivity index (χ3v) is 2.68. The van der Waals surface area contributed by atoms with Gasteiger partial charge in [0.25, 0.3) is 0 Å². The molecule has 2 N–H and O–H groups in total. The van der Waals surface area contributed by atoms with Gasteiger partial charge in [-0.1, -0.05) is 18.2 Å². The van der Waals surface area contributed by atoms with Gasteiger partial charge >= 0.3 is 0 Å². The van der Waals surface area contributed by atoms with Gasteiger partial charge in [-0.2, -0.15) is 0 Å². The van der Waals surface area contributed by atoms with Crippen LogP contribution in [0.3, 0.4) is 0 Å². The lowest BCUT2D eigenvalue weighted by Crippen LogP contribution is -2.00. The first-order valence-corrected chi connectivity index (χ1v) is 5.04. The molecule has 1 aromatic rings. The third-order valence-electron chi connectivity index (χ3n) is 2.68. The molecule has 4 heteroatoms. The molecule has 4 nitrogen and oxygen atoms in total. The molecule has 0 saturated heterocycles. The average Bonchev–Trinajstić information content (AvgIpc) is 2.34. The summed E-state index contributed by atoms with van der Waals surface area (Å²) in [6, 6.07) is 10.1. The Morgan fingerprint density at radius 2 is 1.76 bits per heavy atom. The van der Waals surface area contributed by atoms with Gasteiger partial charge in [-0.25, -0.2) is 0 Å². The third kappa shape index (κ3) is 1.34. The minimum Gasteiger partial charge on any atom is -0.504 e. The summed E-state index contributed by atoms with van der Waals surface area (Å²) in [5.74, 6) is -0.839. The fourth-order valence-corrected chi connectivity index (χ4v) is 1.82. The number of hydrogen-bond donors (Lipinski definition) is 2. The molecule has 84 valence electrons. The minimum absolute atomic E-state index is 0.254. The van der Waals surface area contributed by atoms with E-state index in [2.05, 4.69) is 0 Å². The summed E-state index contributed by atoms with van der Waals surface area (Å²) in [6.07, 6.45) is 0. The highest BCUT2D eigenvalue weighted by Gasteiger charge is 2.17. The summed E-state index contributed by atoms with van der Waals surface area (Å²) in [5, 5.41) is 19.8. The van der Waals surface area contributed by atoms with Crippen molar-refractivity contribution in [3.8, 4) is 22.8 Å². The van der Waals surface area contributed by atoms with E-state index in [4.69, 9.17) is 4.42 Å². The predicted molar refractivity (Wildman–Crippen MR) is 62.4 cm³/mol. The minimum atomic E-state index is -0.658. The molecule has 0 amide bonds. The SMILES string of the molecule is O=c1cc2oc3ccccc3cc-2c(O)c1O. The lowest BCUT2D eigenvalue weighted by molar-refractivity contribution is 0.399. The van der Waals surface area contributed by atoms with E-state index in [1.807, 2.05) is 18.2 Å². The standard InChI is InChI=1S/C13H8O4/c14-9-6-11-8(12(15)13(9)16)5-7-3-1-2-4-10(7)17-11/h1-6,15-16H. The lowest BCUT2D eigenvalue weighted by Gasteiger charge is -2.09. The molecule has 1 heterocycles. The first-order valence-electron chi connectivity index (χ1n) is 5.04. The van der Waals surface area contributed by atoms with Crippen LogP contribution >= 0.6 is 0 Å². The van der Waals surface area contributed by atoms with Crippen LogP contribution in [0.25, 0.3) is 22.3 Å². The zero-order chi connectivity index (χ0) is 12.0. The highest BCUT2D eigenvalue weighted by atomic mass is 16.3. The van der Waals surface area contributed by atoms with E-state index in [0.29, 0.717) is 11.1 Å². The summed E-state index contributed by atoms with van der Waals surface area (Å²) in [6.45, 7) is 0. The molecule has 3 rings (SSSR count). The highest BCUT2D eigenvalue weighted by molar-refractivity contribution is 5.85. The van der Waals surface area contributed by atoms with E-state index in [1.165, 1.54) is 0 Å². The molecule has 0 bridgehead atoms. The van der Waals surface area contributed by atoms with Gasteiger partial charge in [0, 0.05) is 11.5 Å². The van der Waals surface area contributed by atoms with Crippen LogP contribution in [0.4, 0.5) is 0 Å². The largest absolute Gasteiger partial charge is 0.504 e. The van der Waals surface area contributed by atoms with Gasteiger partial charge in [0.05, 0.1) is 5.56 Å². The smallest absolute Gasteiger partial charge is 0.227 e. The van der Waals surface area contributed by atoms with Crippen molar-refractivity contribution in [2.24, 2.45) is 0 Å². The van der Waals surface area contributed by atoms with Crippen LogP contribution in [-0.2, 0) is 0 Å². The summed E-state index contributed by atoms with van der Waals surface area (Å²) in [5.41, 5.74) is 0.277. The predicted octanol–water partition coefficient (Wildman–Crippen LogP) is 2.31. The van der Waals surface area contributed by atoms with Gasteiger partial charge < -0.3 is 14.6 Å². The molecule has 0 fully saturated rings. The maximum absolute atomic E-state index is 11.3. The Labute approximate surface area is 95.7 Å². The van der Waals surface area contributed by atoms with Gasteiger partial charge in [-0.15, -0.1) is 0 Å². The quantitative estimate of drug-likeness (QED) is 0.457. The second kappa shape index (κ2) is 3.25. The topological polar surface area (TPSA) is 70.7 Å². The molecule has 0 spiro atoms. The molecular formula is C13H8O4. The Morgan fingerprint density at radius 3 is 2.59 bits per heavy atom. The Balaban J connectivity index is 2.53. The van der Waals surface area contributed by atoms with Crippen LogP contribution < -0.4 is 5.43 Å². The van der Waals surface area contributed by atoms with Crippen LogP contribution in [0.5, 0.6) is 11.5 Å². The first kappa shape index (κ1) is 9.72. The Morgan fingerprint density at radius 1 is 1.00 bits per heavy atom. The number of phenolic OH excluding ortho intramolecular Hbond substituents is 2. The number of fused-ring (bicyclic) bond motifs is 2. The van der Waals surface area contributed by atoms with E-state index in [1.54, 1.807) is 12.1 Å². The summed E-state index contributed by atoms with van der Waals surface area (Å²) < 4.78 is 5.49. The second-order valence-electron chi connectivity index (χ2n) is 3.77. The van der Waals surface area contributed by atoms with Gasteiger partial charge in [0.15, 0.2) is 5.75 Å². The monoisotopic (exact) mass is 228 g/mol. The summed E-state index contributed by atoms with van der Waals surface area (Å²) in [4.78, 5) is 11.3. The Hall–Kier alpha value is -2.49. The van der Waals surface area contributed by atoms with E-state index in [-0.39, 0.29) is 5.76 Å². The number of hydrogen-bond acceptors (Lipinski definition) is 4. The van der Waals surface area contributed by atoms with Gasteiger partial charge in [0.1, 0.15) is 11.3 Å². The molecule has 1 aliphatic heterocycles. The van der Waals surface area contributed by atoms with Crippen molar-refractivity contribution < 1.29 is 14.6 Å². The maximum atomic E-state index is 11.3. The van der Waals surface area contributed by atoms with E-state index < -0.39 is 16.9 Å². The summed E-state index contributed by atoms with van der Waals surface area (Å²) in [7, 11) is 0. The number of para-hydroxylation sites is 1. The van der Waals surface area contributed by atoms with E-state index in [9.17, 15) is 15.0 Å². The Bertz CT molecular complexity index is 742. The number of benzene rings is 2. The molecule has 2 aliphatic rings. The maximum Gasteiger partial charge on any atom is 0.227 e. The molecule has 0 atom stereocenters. The number of phenols is 2. The molecule has 17 heavy (non-hydrogen) atoms. The summed E-state index contributed by atoms with van der Waals surface area (Å²) >= 11 is 0. The van der Waals surface area contributed by atoms with Crippen molar-refractivity contribution in [1.29, 1.82) is 0 Å². The second-order valence-corrected chi connectivity index (χ2v) is 3.77. The van der Waals surface area contributed by atoms with Crippen LogP contribution in [0.1, 0.15) is 0 Å². The molecule has 0 unspecified atom stereocenters. The molecular weight excluding hydrogens is 220 g/mol. The van der Waals surface area contributed by atoms with Crippen molar-refractivity contribution in [1.82, 2.24) is 0 Å². The van der Waals surface area contributed by atoms with Crippen molar-refractivity contribution in [2.75, 3.05) is 0 Å². The van der Waals surface area contributed by atoms with Gasteiger partial charge in [-0.3, -0.25) is 4.79 Å². The molecule has 0 radical (unpaired) electrons. The van der Waals surface area contributed by atoms with Crippen molar-refractivity contribution >= 4 is 11.0 Å². The first-order chi connectivity index (χ1) is 8.16. The average molecular weight is 228 g/mol. The lowest BCUT2D eigenvalue weighted by atomic mass is 10.1. The van der Waals surface area contributed by atoms with E-state index in [0.717, 1.165) is 11.5 Å². The van der Waals surface area contributed by atoms with Crippen molar-refractivity contribution in [3.05, 3.63) is 46.6 Å². The van der Waals surface area contributed by atoms with Crippen LogP contribution in [0.15, 0.2) is 45.6 Å². The van der Waals surface area contributed by atoms with Gasteiger partial charge in [0.2, 0.25) is 11.2 Å². The Kier molecular flexibility index (Phi) is 1.86. The van der Waals surface area contributed by atoms with E-state index >= 15 is 0 Å². The molecule has 1 aliphatic carbocycles. The van der Waals surface area contributed by atoms with Crippen molar-refractivity contribution in [2.45, 2.75) is 0 Å². The van der Waals surface area contributed by atoms with Crippen LogP contribution in [0.2, 0.25) is 0 Å². The fraction of sp³-hybridized carbons (Fsp3) is 0. The highest BCUT2D eigenvalue weighted by Crippen LogP contribution is 2.37. The van der Waals surface area contributed by atoms with Gasteiger partial charge in [-0.05, 0) is 12.1 Å². The fourth-order valence-electron chi connectivity index (χ4n) is 1.82. The molecule has 0 aromatic heterocycles. The zero-order valence-electron chi connectivity index (χ0n) is 8.68. The normalized spacial score (nSPS) is 11.1. The number of rotatable bonds is 0. The van der Waals surface area contributed by atoms with Crippen LogP contribution in [-0.4, -0.2) is 10.2 Å². The number of aromatic hydroxyl groups is 2. The van der Waals surface area contributed by atoms with Crippen molar-refractivity contribution in [3.63, 3.8) is 0 Å².